The highest BCUT2D eigenvalue weighted by Gasteiger charge is 2.16. The average Bonchev–Trinajstić information content (AvgIpc) is 2.97. The molecule has 0 aliphatic carbocycles. The van der Waals surface area contributed by atoms with Gasteiger partial charge in [0.05, 0.1) is 16.0 Å². The molecule has 0 aliphatic rings. The number of amides is 1. The van der Waals surface area contributed by atoms with Crippen LogP contribution in [0, 0.1) is 22.9 Å². The van der Waals surface area contributed by atoms with Crippen molar-refractivity contribution >= 4 is 34.3 Å². The van der Waals surface area contributed by atoms with E-state index in [0.717, 1.165) is 23.2 Å². The Labute approximate surface area is 157 Å². The predicted octanol–water partition coefficient (Wildman–Crippen LogP) is 2.57. The molecule has 0 aliphatic heterocycles. The summed E-state index contributed by atoms with van der Waals surface area (Å²) in [6.07, 6.45) is 0. The van der Waals surface area contributed by atoms with Gasteiger partial charge in [-0.1, -0.05) is 12.1 Å². The highest BCUT2D eigenvalue weighted by molar-refractivity contribution is 5.93. The second-order valence-corrected chi connectivity index (χ2v) is 5.87. The van der Waals surface area contributed by atoms with E-state index >= 15 is 0 Å². The molecule has 3 rings (SSSR count). The third-order valence-corrected chi connectivity index (χ3v) is 3.92. The van der Waals surface area contributed by atoms with Crippen molar-refractivity contribution in [1.82, 2.24) is 9.55 Å². The van der Waals surface area contributed by atoms with Gasteiger partial charge in [0, 0.05) is 11.8 Å². The van der Waals surface area contributed by atoms with Crippen LogP contribution in [0.3, 0.4) is 0 Å². The lowest BCUT2D eigenvalue weighted by Crippen LogP contribution is -2.23. The lowest BCUT2D eigenvalue weighted by Gasteiger charge is -2.09. The topological polar surface area (TPSA) is 116 Å². The van der Waals surface area contributed by atoms with Crippen LogP contribution in [0.2, 0.25) is 0 Å². The molecule has 0 spiro atoms. The maximum atomic E-state index is 13.3. The van der Waals surface area contributed by atoms with Crippen molar-refractivity contribution in [2.24, 2.45) is 0 Å². The van der Waals surface area contributed by atoms with E-state index in [1.807, 2.05) is 24.3 Å². The number of hydrogen-bond donors (Lipinski definition) is 1. The number of nitro groups is 1. The van der Waals surface area contributed by atoms with Crippen LogP contribution in [-0.4, -0.2) is 33.0 Å². The number of fused-ring (bicyclic) bond motifs is 1. The molecule has 0 atom stereocenters. The fourth-order valence-corrected chi connectivity index (χ4v) is 2.64. The van der Waals surface area contributed by atoms with E-state index in [1.165, 1.54) is 6.07 Å². The van der Waals surface area contributed by atoms with Crippen LogP contribution in [0.25, 0.3) is 11.0 Å². The van der Waals surface area contributed by atoms with Gasteiger partial charge in [-0.2, -0.15) is 4.39 Å². The van der Waals surface area contributed by atoms with Gasteiger partial charge >= 0.3 is 11.7 Å². The number of hydrogen-bond acceptors (Lipinski definition) is 6. The van der Waals surface area contributed by atoms with Gasteiger partial charge in [-0.05, 0) is 31.2 Å². The standard InChI is InChI=1S/C18H15FN4O5/c1-11-20-14-4-2-3-5-15(14)22(11)9-18(25)28-10-17(24)21-12-6-7-13(19)16(8-12)23(26)27/h2-8H,9-10H2,1H3,(H,21,24). The summed E-state index contributed by atoms with van der Waals surface area (Å²) in [7, 11) is 0. The van der Waals surface area contributed by atoms with Gasteiger partial charge in [-0.3, -0.25) is 19.7 Å². The van der Waals surface area contributed by atoms with Crippen LogP contribution >= 0.6 is 0 Å². The lowest BCUT2D eigenvalue weighted by molar-refractivity contribution is -0.387. The summed E-state index contributed by atoms with van der Waals surface area (Å²) < 4.78 is 19.9. The SMILES string of the molecule is Cc1nc2ccccc2n1CC(=O)OCC(=O)Nc1ccc(F)c([N+](=O)[O-])c1. The molecule has 0 bridgehead atoms. The summed E-state index contributed by atoms with van der Waals surface area (Å²) >= 11 is 0. The molecular formula is C18H15FN4O5. The number of imidazole rings is 1. The molecular weight excluding hydrogens is 371 g/mol. The summed E-state index contributed by atoms with van der Waals surface area (Å²) in [5.41, 5.74) is 0.756. The van der Waals surface area contributed by atoms with Crippen LogP contribution < -0.4 is 5.32 Å². The number of rotatable bonds is 6. The molecule has 2 aromatic carbocycles. The molecule has 28 heavy (non-hydrogen) atoms. The summed E-state index contributed by atoms with van der Waals surface area (Å²) in [6, 6.07) is 10.2. The maximum absolute atomic E-state index is 13.3. The fraction of sp³-hybridized carbons (Fsp3) is 0.167. The van der Waals surface area contributed by atoms with E-state index < -0.39 is 34.9 Å². The Balaban J connectivity index is 1.59. The number of nitrogens with one attached hydrogen (secondary N) is 1. The van der Waals surface area contributed by atoms with Crippen LogP contribution in [0.4, 0.5) is 15.8 Å². The Bertz CT molecular complexity index is 1080. The zero-order valence-electron chi connectivity index (χ0n) is 14.7. The molecule has 1 N–H and O–H groups in total. The number of aromatic nitrogens is 2. The Morgan fingerprint density at radius 1 is 1.29 bits per heavy atom. The second kappa shape index (κ2) is 7.82. The lowest BCUT2D eigenvalue weighted by atomic mass is 10.2. The molecule has 3 aromatic rings. The molecule has 1 amide bonds. The summed E-state index contributed by atoms with van der Waals surface area (Å²) in [5.74, 6) is -1.74. The largest absolute Gasteiger partial charge is 0.454 e. The van der Waals surface area contributed by atoms with Crippen molar-refractivity contribution in [2.75, 3.05) is 11.9 Å². The zero-order chi connectivity index (χ0) is 20.3. The summed E-state index contributed by atoms with van der Waals surface area (Å²) in [4.78, 5) is 38.1. The average molecular weight is 386 g/mol. The van der Waals surface area contributed by atoms with Gasteiger partial charge in [0.1, 0.15) is 12.4 Å². The Morgan fingerprint density at radius 2 is 2.04 bits per heavy atom. The van der Waals surface area contributed by atoms with Crippen molar-refractivity contribution in [3.05, 3.63) is 64.2 Å². The van der Waals surface area contributed by atoms with E-state index in [1.54, 1.807) is 11.5 Å². The van der Waals surface area contributed by atoms with Crippen molar-refractivity contribution < 1.29 is 23.6 Å². The first-order valence-electron chi connectivity index (χ1n) is 8.16. The first-order chi connectivity index (χ1) is 13.3. The first kappa shape index (κ1) is 19.0. The molecule has 0 saturated carbocycles. The summed E-state index contributed by atoms with van der Waals surface area (Å²) in [6.45, 7) is 1.04. The molecule has 1 aromatic heterocycles. The number of benzene rings is 2. The van der Waals surface area contributed by atoms with Crippen LogP contribution in [0.15, 0.2) is 42.5 Å². The number of para-hydroxylation sites is 2. The van der Waals surface area contributed by atoms with Crippen LogP contribution in [0.5, 0.6) is 0 Å². The van der Waals surface area contributed by atoms with Crippen molar-refractivity contribution in [3.63, 3.8) is 0 Å². The van der Waals surface area contributed by atoms with Gasteiger partial charge < -0.3 is 14.6 Å². The third-order valence-electron chi connectivity index (χ3n) is 3.92. The van der Waals surface area contributed by atoms with Gasteiger partial charge in [0.15, 0.2) is 6.61 Å². The number of halogens is 1. The van der Waals surface area contributed by atoms with Gasteiger partial charge in [-0.25, -0.2) is 4.98 Å². The zero-order valence-corrected chi connectivity index (χ0v) is 14.7. The second-order valence-electron chi connectivity index (χ2n) is 5.87. The van der Waals surface area contributed by atoms with Crippen molar-refractivity contribution in [3.8, 4) is 0 Å². The molecule has 0 unspecified atom stereocenters. The minimum atomic E-state index is -1.02. The Morgan fingerprint density at radius 3 is 2.79 bits per heavy atom. The fourth-order valence-electron chi connectivity index (χ4n) is 2.64. The quantitative estimate of drug-likeness (QED) is 0.395. The number of esters is 1. The number of carbonyl (C=O) groups is 2. The highest BCUT2D eigenvalue weighted by Crippen LogP contribution is 2.21. The number of nitrogens with zero attached hydrogens (tertiary/aromatic N) is 3. The number of carbonyl (C=O) groups excluding carboxylic acids is 2. The maximum Gasteiger partial charge on any atom is 0.326 e. The Hall–Kier alpha value is -3.82. The summed E-state index contributed by atoms with van der Waals surface area (Å²) in [5, 5.41) is 13.0. The minimum absolute atomic E-state index is 0.0191. The van der Waals surface area contributed by atoms with Gasteiger partial charge in [0.2, 0.25) is 5.82 Å². The number of anilines is 1. The van der Waals surface area contributed by atoms with Gasteiger partial charge in [0.25, 0.3) is 5.91 Å². The number of ether oxygens (including phenoxy) is 1. The molecule has 9 nitrogen and oxygen atoms in total. The van der Waals surface area contributed by atoms with E-state index in [2.05, 4.69) is 10.3 Å². The molecule has 0 fully saturated rings. The molecule has 1 heterocycles. The monoisotopic (exact) mass is 386 g/mol. The normalized spacial score (nSPS) is 10.6. The van der Waals surface area contributed by atoms with E-state index in [4.69, 9.17) is 4.74 Å². The minimum Gasteiger partial charge on any atom is -0.454 e. The van der Waals surface area contributed by atoms with E-state index in [9.17, 15) is 24.1 Å². The van der Waals surface area contributed by atoms with Crippen molar-refractivity contribution in [2.45, 2.75) is 13.5 Å². The number of aryl methyl sites for hydroxylation is 1. The van der Waals surface area contributed by atoms with E-state index in [-0.39, 0.29) is 12.2 Å². The van der Waals surface area contributed by atoms with Crippen LogP contribution in [0.1, 0.15) is 5.82 Å². The third kappa shape index (κ3) is 4.11. The smallest absolute Gasteiger partial charge is 0.326 e. The Kier molecular flexibility index (Phi) is 5.30. The first-order valence-corrected chi connectivity index (χ1v) is 8.16. The van der Waals surface area contributed by atoms with Crippen molar-refractivity contribution in [1.29, 1.82) is 0 Å². The predicted molar refractivity (Wildman–Crippen MR) is 97.1 cm³/mol. The molecule has 10 heteroatoms. The van der Waals surface area contributed by atoms with Gasteiger partial charge in [-0.15, -0.1) is 0 Å². The number of nitro benzene ring substituents is 1. The molecule has 0 saturated heterocycles. The molecule has 0 radical (unpaired) electrons. The highest BCUT2D eigenvalue weighted by atomic mass is 19.1. The molecule has 144 valence electrons. The van der Waals surface area contributed by atoms with Crippen LogP contribution in [-0.2, 0) is 20.9 Å². The van der Waals surface area contributed by atoms with E-state index in [0.29, 0.717) is 5.82 Å².